The maximum atomic E-state index is 12.3. The minimum atomic E-state index is -3.26. The number of hydrogen-bond acceptors (Lipinski definition) is 4. The van der Waals surface area contributed by atoms with E-state index in [9.17, 15) is 13.2 Å². The zero-order chi connectivity index (χ0) is 17.2. The first-order chi connectivity index (χ1) is 11.5. The highest BCUT2D eigenvalue weighted by Gasteiger charge is 2.28. The molecule has 0 aliphatic carbocycles. The molecule has 0 radical (unpaired) electrons. The lowest BCUT2D eigenvalue weighted by molar-refractivity contribution is 0.102. The molecule has 122 valence electrons. The van der Waals surface area contributed by atoms with Crippen LogP contribution in [0.5, 0.6) is 0 Å². The quantitative estimate of drug-likeness (QED) is 0.928. The van der Waals surface area contributed by atoms with Gasteiger partial charge in [-0.1, -0.05) is 12.1 Å². The van der Waals surface area contributed by atoms with Gasteiger partial charge in [0.1, 0.15) is 0 Å². The number of nitriles is 1. The van der Waals surface area contributed by atoms with Crippen LogP contribution in [0, 0.1) is 11.3 Å². The highest BCUT2D eigenvalue weighted by atomic mass is 32.2. The zero-order valence-corrected chi connectivity index (χ0v) is 13.6. The van der Waals surface area contributed by atoms with Crippen molar-refractivity contribution in [3.63, 3.8) is 0 Å². The van der Waals surface area contributed by atoms with Crippen molar-refractivity contribution in [1.82, 2.24) is 0 Å². The predicted octanol–water partition coefficient (Wildman–Crippen LogP) is 2.35. The normalized spacial score (nSPS) is 15.7. The van der Waals surface area contributed by atoms with Gasteiger partial charge in [-0.15, -0.1) is 0 Å². The Morgan fingerprint density at radius 2 is 1.96 bits per heavy atom. The Bertz CT molecular complexity index is 932. The van der Waals surface area contributed by atoms with Crippen LogP contribution in [0.1, 0.15) is 22.3 Å². The lowest BCUT2D eigenvalue weighted by Crippen LogP contribution is -2.25. The standard InChI is InChI=1S/C17H15N3O3S/c18-12-13-4-1-5-14(10-13)17(21)19-15-6-2-7-16(11-15)20-8-3-9-24(20,22)23/h1-2,4-7,10-11H,3,8-9H2,(H,19,21). The van der Waals surface area contributed by atoms with E-state index in [4.69, 9.17) is 5.26 Å². The first-order valence-electron chi connectivity index (χ1n) is 7.41. The summed E-state index contributed by atoms with van der Waals surface area (Å²) in [6.07, 6.45) is 0.597. The first kappa shape index (κ1) is 16.0. The van der Waals surface area contributed by atoms with E-state index in [-0.39, 0.29) is 11.7 Å². The molecule has 0 spiro atoms. The van der Waals surface area contributed by atoms with E-state index in [1.807, 2.05) is 6.07 Å². The zero-order valence-electron chi connectivity index (χ0n) is 12.8. The summed E-state index contributed by atoms with van der Waals surface area (Å²) in [6, 6.07) is 15.1. The van der Waals surface area contributed by atoms with Gasteiger partial charge in [0, 0.05) is 17.8 Å². The molecule has 0 atom stereocenters. The Kier molecular flexibility index (Phi) is 4.23. The predicted molar refractivity (Wildman–Crippen MR) is 91.3 cm³/mol. The minimum absolute atomic E-state index is 0.143. The van der Waals surface area contributed by atoms with Crippen molar-refractivity contribution < 1.29 is 13.2 Å². The minimum Gasteiger partial charge on any atom is -0.322 e. The summed E-state index contributed by atoms with van der Waals surface area (Å²) in [6.45, 7) is 0.448. The van der Waals surface area contributed by atoms with Crippen LogP contribution < -0.4 is 9.62 Å². The van der Waals surface area contributed by atoms with Gasteiger partial charge in [0.25, 0.3) is 5.91 Å². The second kappa shape index (κ2) is 6.34. The van der Waals surface area contributed by atoms with E-state index in [0.717, 1.165) is 0 Å². The molecule has 0 aromatic heterocycles. The largest absolute Gasteiger partial charge is 0.322 e. The molecule has 1 fully saturated rings. The van der Waals surface area contributed by atoms with Crippen LogP contribution in [0.3, 0.4) is 0 Å². The third-order valence-electron chi connectivity index (χ3n) is 3.75. The lowest BCUT2D eigenvalue weighted by Gasteiger charge is -2.17. The number of amides is 1. The fraction of sp³-hybridized carbons (Fsp3) is 0.176. The average molecular weight is 341 g/mol. The number of sulfonamides is 1. The molecule has 1 N–H and O–H groups in total. The van der Waals surface area contributed by atoms with Crippen LogP contribution in [0.2, 0.25) is 0 Å². The van der Waals surface area contributed by atoms with Gasteiger partial charge in [-0.3, -0.25) is 9.10 Å². The summed E-state index contributed by atoms with van der Waals surface area (Å²) in [7, 11) is -3.26. The van der Waals surface area contributed by atoms with Crippen LogP contribution in [0.4, 0.5) is 11.4 Å². The molecule has 2 aromatic rings. The summed E-state index contributed by atoms with van der Waals surface area (Å²) in [5.41, 5.74) is 1.81. The van der Waals surface area contributed by atoms with Crippen molar-refractivity contribution in [2.75, 3.05) is 21.9 Å². The topological polar surface area (TPSA) is 90.3 Å². The average Bonchev–Trinajstić information content (AvgIpc) is 2.94. The molecule has 0 bridgehead atoms. The monoisotopic (exact) mass is 341 g/mol. The van der Waals surface area contributed by atoms with Crippen LogP contribution in [0.25, 0.3) is 0 Å². The SMILES string of the molecule is N#Cc1cccc(C(=O)Nc2cccc(N3CCCS3(=O)=O)c2)c1. The Morgan fingerprint density at radius 1 is 1.17 bits per heavy atom. The number of carbonyl (C=O) groups is 1. The van der Waals surface area contributed by atoms with Gasteiger partial charge in [0.2, 0.25) is 10.0 Å². The molecule has 7 heteroatoms. The molecular formula is C17H15N3O3S. The van der Waals surface area contributed by atoms with Crippen molar-refractivity contribution in [3.05, 3.63) is 59.7 Å². The molecule has 6 nitrogen and oxygen atoms in total. The first-order valence-corrected chi connectivity index (χ1v) is 9.02. The molecule has 1 amide bonds. The number of hydrogen-bond donors (Lipinski definition) is 1. The number of benzene rings is 2. The molecule has 1 aliphatic rings. The van der Waals surface area contributed by atoms with E-state index in [2.05, 4.69) is 5.32 Å². The molecular weight excluding hydrogens is 326 g/mol. The van der Waals surface area contributed by atoms with Gasteiger partial charge < -0.3 is 5.32 Å². The van der Waals surface area contributed by atoms with Crippen LogP contribution in [-0.2, 0) is 10.0 Å². The van der Waals surface area contributed by atoms with E-state index < -0.39 is 10.0 Å². The summed E-state index contributed by atoms with van der Waals surface area (Å²) >= 11 is 0. The molecule has 24 heavy (non-hydrogen) atoms. The number of anilines is 2. The summed E-state index contributed by atoms with van der Waals surface area (Å²) in [4.78, 5) is 12.3. The Morgan fingerprint density at radius 3 is 2.67 bits per heavy atom. The van der Waals surface area contributed by atoms with Crippen molar-refractivity contribution in [2.45, 2.75) is 6.42 Å². The number of rotatable bonds is 3. The molecule has 2 aromatic carbocycles. The van der Waals surface area contributed by atoms with E-state index in [1.54, 1.807) is 42.5 Å². The van der Waals surface area contributed by atoms with Crippen molar-refractivity contribution in [1.29, 1.82) is 5.26 Å². The molecule has 3 rings (SSSR count). The number of nitrogens with zero attached hydrogens (tertiary/aromatic N) is 2. The molecule has 0 saturated carbocycles. The van der Waals surface area contributed by atoms with Gasteiger partial charge in [-0.25, -0.2) is 8.42 Å². The van der Waals surface area contributed by atoms with Gasteiger partial charge in [0.05, 0.1) is 23.1 Å². The van der Waals surface area contributed by atoms with E-state index in [0.29, 0.717) is 35.5 Å². The van der Waals surface area contributed by atoms with Crippen LogP contribution in [0.15, 0.2) is 48.5 Å². The van der Waals surface area contributed by atoms with E-state index in [1.165, 1.54) is 10.4 Å². The number of nitrogens with one attached hydrogen (secondary N) is 1. The van der Waals surface area contributed by atoms with Gasteiger partial charge in [-0.2, -0.15) is 5.26 Å². The molecule has 1 aliphatic heterocycles. The van der Waals surface area contributed by atoms with Crippen LogP contribution in [-0.4, -0.2) is 26.6 Å². The lowest BCUT2D eigenvalue weighted by atomic mass is 10.1. The molecule has 1 saturated heterocycles. The summed E-state index contributed by atoms with van der Waals surface area (Å²) in [5, 5.41) is 11.6. The highest BCUT2D eigenvalue weighted by molar-refractivity contribution is 7.93. The second-order valence-electron chi connectivity index (χ2n) is 5.44. The van der Waals surface area contributed by atoms with Crippen molar-refractivity contribution >= 4 is 27.3 Å². The third kappa shape index (κ3) is 3.24. The van der Waals surface area contributed by atoms with Gasteiger partial charge in [-0.05, 0) is 42.8 Å². The maximum absolute atomic E-state index is 12.3. The highest BCUT2D eigenvalue weighted by Crippen LogP contribution is 2.26. The fourth-order valence-electron chi connectivity index (χ4n) is 2.60. The molecule has 0 unspecified atom stereocenters. The van der Waals surface area contributed by atoms with Crippen LogP contribution >= 0.6 is 0 Å². The maximum Gasteiger partial charge on any atom is 0.255 e. The third-order valence-corrected chi connectivity index (χ3v) is 5.61. The van der Waals surface area contributed by atoms with Crippen molar-refractivity contribution in [3.8, 4) is 6.07 Å². The Hall–Kier alpha value is -2.85. The summed E-state index contributed by atoms with van der Waals surface area (Å²) < 4.78 is 25.4. The smallest absolute Gasteiger partial charge is 0.255 e. The Balaban J connectivity index is 1.82. The second-order valence-corrected chi connectivity index (χ2v) is 7.45. The van der Waals surface area contributed by atoms with E-state index >= 15 is 0 Å². The van der Waals surface area contributed by atoms with Gasteiger partial charge >= 0.3 is 0 Å². The van der Waals surface area contributed by atoms with Crippen molar-refractivity contribution in [2.24, 2.45) is 0 Å². The Labute approximate surface area is 140 Å². The fourth-order valence-corrected chi connectivity index (χ4v) is 4.16. The number of carbonyl (C=O) groups excluding carboxylic acids is 1. The van der Waals surface area contributed by atoms with Gasteiger partial charge in [0.15, 0.2) is 0 Å². The summed E-state index contributed by atoms with van der Waals surface area (Å²) in [5.74, 6) is -0.210. The molecule has 1 heterocycles.